The van der Waals surface area contributed by atoms with Gasteiger partial charge in [0, 0.05) is 11.8 Å². The minimum Gasteiger partial charge on any atom is -0.255 e. The van der Waals surface area contributed by atoms with Crippen molar-refractivity contribution in [3.8, 4) is 17.3 Å². The standard InChI is InChI=1S/C17H12N2/c1-12-15-7-3-2-5-13(15)8-9-16(12)17-14(11-18)6-4-10-19-17/h2-10H,1H3. The second-order valence-electron chi connectivity index (χ2n) is 4.47. The maximum Gasteiger partial charge on any atom is 0.101 e. The Morgan fingerprint density at radius 3 is 2.68 bits per heavy atom. The van der Waals surface area contributed by atoms with Gasteiger partial charge in [-0.2, -0.15) is 5.26 Å². The Morgan fingerprint density at radius 2 is 1.84 bits per heavy atom. The van der Waals surface area contributed by atoms with Crippen LogP contribution in [-0.4, -0.2) is 4.98 Å². The van der Waals surface area contributed by atoms with Crippen LogP contribution in [0.1, 0.15) is 11.1 Å². The first kappa shape index (κ1) is 11.4. The van der Waals surface area contributed by atoms with Crippen molar-refractivity contribution in [2.24, 2.45) is 0 Å². The SMILES string of the molecule is Cc1c(-c2ncccc2C#N)ccc2ccccc12. The number of pyridine rings is 1. The van der Waals surface area contributed by atoms with Crippen LogP contribution in [-0.2, 0) is 0 Å². The number of hydrogen-bond acceptors (Lipinski definition) is 2. The summed E-state index contributed by atoms with van der Waals surface area (Å²) >= 11 is 0. The van der Waals surface area contributed by atoms with E-state index in [1.807, 2.05) is 18.2 Å². The van der Waals surface area contributed by atoms with Crippen LogP contribution in [0.25, 0.3) is 22.0 Å². The summed E-state index contributed by atoms with van der Waals surface area (Å²) in [4.78, 5) is 4.36. The molecule has 0 saturated heterocycles. The zero-order valence-electron chi connectivity index (χ0n) is 10.6. The Morgan fingerprint density at radius 1 is 1.00 bits per heavy atom. The summed E-state index contributed by atoms with van der Waals surface area (Å²) in [5.41, 5.74) is 3.55. The molecule has 90 valence electrons. The molecule has 0 atom stereocenters. The molecule has 1 aromatic heterocycles. The molecule has 0 bridgehead atoms. The van der Waals surface area contributed by atoms with E-state index in [-0.39, 0.29) is 0 Å². The van der Waals surface area contributed by atoms with Crippen molar-refractivity contribution in [2.45, 2.75) is 6.92 Å². The molecule has 1 heterocycles. The van der Waals surface area contributed by atoms with Gasteiger partial charge in [-0.3, -0.25) is 4.98 Å². The first-order valence-corrected chi connectivity index (χ1v) is 6.15. The second-order valence-corrected chi connectivity index (χ2v) is 4.47. The molecule has 0 spiro atoms. The van der Waals surface area contributed by atoms with Crippen molar-refractivity contribution in [1.82, 2.24) is 4.98 Å². The van der Waals surface area contributed by atoms with Crippen molar-refractivity contribution in [3.63, 3.8) is 0 Å². The summed E-state index contributed by atoms with van der Waals surface area (Å²) in [7, 11) is 0. The summed E-state index contributed by atoms with van der Waals surface area (Å²) in [6.07, 6.45) is 1.73. The highest BCUT2D eigenvalue weighted by Gasteiger charge is 2.10. The maximum atomic E-state index is 9.19. The first-order valence-electron chi connectivity index (χ1n) is 6.15. The fourth-order valence-electron chi connectivity index (χ4n) is 2.39. The van der Waals surface area contributed by atoms with Gasteiger partial charge in [0.25, 0.3) is 0 Å². The zero-order chi connectivity index (χ0) is 13.2. The van der Waals surface area contributed by atoms with Gasteiger partial charge in [-0.1, -0.05) is 36.4 Å². The monoisotopic (exact) mass is 244 g/mol. The molecule has 0 unspecified atom stereocenters. The molecular weight excluding hydrogens is 232 g/mol. The molecule has 0 N–H and O–H groups in total. The molecule has 0 saturated carbocycles. The van der Waals surface area contributed by atoms with Gasteiger partial charge in [-0.25, -0.2) is 0 Å². The molecule has 3 aromatic rings. The fraction of sp³-hybridized carbons (Fsp3) is 0.0588. The molecule has 2 aromatic carbocycles. The van der Waals surface area contributed by atoms with Crippen molar-refractivity contribution in [2.75, 3.05) is 0 Å². The van der Waals surface area contributed by atoms with Crippen LogP contribution < -0.4 is 0 Å². The number of aromatic nitrogens is 1. The van der Waals surface area contributed by atoms with E-state index in [1.54, 1.807) is 18.3 Å². The van der Waals surface area contributed by atoms with Gasteiger partial charge < -0.3 is 0 Å². The van der Waals surface area contributed by atoms with E-state index in [2.05, 4.69) is 36.2 Å². The van der Waals surface area contributed by atoms with Gasteiger partial charge >= 0.3 is 0 Å². The molecule has 0 radical (unpaired) electrons. The normalized spacial score (nSPS) is 10.3. The lowest BCUT2D eigenvalue weighted by Crippen LogP contribution is -1.92. The van der Waals surface area contributed by atoms with Crippen LogP contribution in [0, 0.1) is 18.3 Å². The average molecular weight is 244 g/mol. The van der Waals surface area contributed by atoms with E-state index in [1.165, 1.54) is 10.8 Å². The van der Waals surface area contributed by atoms with E-state index in [9.17, 15) is 5.26 Å². The van der Waals surface area contributed by atoms with Crippen molar-refractivity contribution >= 4 is 10.8 Å². The predicted octanol–water partition coefficient (Wildman–Crippen LogP) is 4.08. The molecule has 2 heteroatoms. The van der Waals surface area contributed by atoms with E-state index in [4.69, 9.17) is 0 Å². The number of nitriles is 1. The highest BCUT2D eigenvalue weighted by molar-refractivity contribution is 5.91. The smallest absolute Gasteiger partial charge is 0.101 e. The topological polar surface area (TPSA) is 36.7 Å². The molecule has 3 rings (SSSR count). The van der Waals surface area contributed by atoms with Crippen LogP contribution in [0.15, 0.2) is 54.7 Å². The van der Waals surface area contributed by atoms with Crippen molar-refractivity contribution in [1.29, 1.82) is 5.26 Å². The number of aryl methyl sites for hydroxylation is 1. The number of fused-ring (bicyclic) bond motifs is 1. The van der Waals surface area contributed by atoms with Gasteiger partial charge in [-0.15, -0.1) is 0 Å². The average Bonchev–Trinajstić information content (AvgIpc) is 2.48. The minimum absolute atomic E-state index is 0.612. The van der Waals surface area contributed by atoms with Crippen LogP contribution in [0.4, 0.5) is 0 Å². The number of benzene rings is 2. The molecule has 19 heavy (non-hydrogen) atoms. The third-order valence-electron chi connectivity index (χ3n) is 3.38. The molecule has 0 aliphatic heterocycles. The summed E-state index contributed by atoms with van der Waals surface area (Å²) < 4.78 is 0. The summed E-state index contributed by atoms with van der Waals surface area (Å²) in [5, 5.41) is 11.6. The largest absolute Gasteiger partial charge is 0.255 e. The lowest BCUT2D eigenvalue weighted by molar-refractivity contribution is 1.29. The highest BCUT2D eigenvalue weighted by Crippen LogP contribution is 2.29. The second kappa shape index (κ2) is 4.55. The molecule has 0 amide bonds. The first-order chi connectivity index (χ1) is 9.31. The van der Waals surface area contributed by atoms with Crippen molar-refractivity contribution < 1.29 is 0 Å². The lowest BCUT2D eigenvalue weighted by atomic mass is 9.96. The molecule has 0 aliphatic carbocycles. The molecule has 0 aliphatic rings. The van der Waals surface area contributed by atoms with E-state index in [0.717, 1.165) is 16.8 Å². The van der Waals surface area contributed by atoms with Gasteiger partial charge in [0.2, 0.25) is 0 Å². The molecular formula is C17H12N2. The van der Waals surface area contributed by atoms with Crippen LogP contribution in [0.5, 0.6) is 0 Å². The Balaban J connectivity index is 2.32. The van der Waals surface area contributed by atoms with Gasteiger partial charge in [-0.05, 0) is 35.4 Å². The van der Waals surface area contributed by atoms with Gasteiger partial charge in [0.05, 0.1) is 11.3 Å². The Hall–Kier alpha value is -2.66. The van der Waals surface area contributed by atoms with Crippen LogP contribution >= 0.6 is 0 Å². The van der Waals surface area contributed by atoms with Crippen LogP contribution in [0.3, 0.4) is 0 Å². The van der Waals surface area contributed by atoms with Gasteiger partial charge in [0.1, 0.15) is 6.07 Å². The summed E-state index contributed by atoms with van der Waals surface area (Å²) in [6.45, 7) is 2.08. The highest BCUT2D eigenvalue weighted by atomic mass is 14.7. The zero-order valence-corrected chi connectivity index (χ0v) is 10.6. The predicted molar refractivity (Wildman–Crippen MR) is 76.6 cm³/mol. The minimum atomic E-state index is 0.612. The van der Waals surface area contributed by atoms with Crippen LogP contribution in [0.2, 0.25) is 0 Å². The van der Waals surface area contributed by atoms with E-state index in [0.29, 0.717) is 5.56 Å². The Kier molecular flexibility index (Phi) is 2.74. The fourth-order valence-corrected chi connectivity index (χ4v) is 2.39. The number of hydrogen-bond donors (Lipinski definition) is 0. The van der Waals surface area contributed by atoms with E-state index < -0.39 is 0 Å². The summed E-state index contributed by atoms with van der Waals surface area (Å²) in [5.74, 6) is 0. The summed E-state index contributed by atoms with van der Waals surface area (Å²) in [6, 6.07) is 18.2. The maximum absolute atomic E-state index is 9.19. The third kappa shape index (κ3) is 1.86. The lowest BCUT2D eigenvalue weighted by Gasteiger charge is -2.10. The molecule has 2 nitrogen and oxygen atoms in total. The third-order valence-corrected chi connectivity index (χ3v) is 3.38. The van der Waals surface area contributed by atoms with Crippen molar-refractivity contribution in [3.05, 3.63) is 65.9 Å². The number of nitrogens with zero attached hydrogens (tertiary/aromatic N) is 2. The number of rotatable bonds is 1. The Labute approximate surface area is 112 Å². The molecule has 0 fully saturated rings. The van der Waals surface area contributed by atoms with Gasteiger partial charge in [0.15, 0.2) is 0 Å². The van der Waals surface area contributed by atoms with E-state index >= 15 is 0 Å². The quantitative estimate of drug-likeness (QED) is 0.646. The Bertz CT molecular complexity index is 798.